The van der Waals surface area contributed by atoms with E-state index in [-0.39, 0.29) is 12.0 Å². The highest BCUT2D eigenvalue weighted by Crippen LogP contribution is 2.39. The maximum atomic E-state index is 6.99. The van der Waals surface area contributed by atoms with Crippen molar-refractivity contribution in [1.29, 1.82) is 0 Å². The monoisotopic (exact) mass is 448 g/mol. The van der Waals surface area contributed by atoms with Gasteiger partial charge in [-0.15, -0.1) is 0 Å². The number of pyridine rings is 2. The maximum absolute atomic E-state index is 6.99. The van der Waals surface area contributed by atoms with Crippen LogP contribution in [0, 0.1) is 6.92 Å². The van der Waals surface area contributed by atoms with Gasteiger partial charge in [0.15, 0.2) is 0 Å². The van der Waals surface area contributed by atoms with E-state index in [4.69, 9.17) is 43.6 Å². The van der Waals surface area contributed by atoms with Crippen LogP contribution in [0.15, 0.2) is 12.3 Å². The lowest BCUT2D eigenvalue weighted by atomic mass is 9.99. The van der Waals surface area contributed by atoms with E-state index < -0.39 is 0 Å². The molecule has 0 saturated heterocycles. The molecule has 3 rings (SSSR count). The molecular weight excluding hydrogens is 419 g/mol. The SMILES string of the molecule is CCc1c(-c2cc(Cl)c(C(C)C)nc2CN)nc2c(C)cn([C@H](C)COC)c2c1Cl. The molecule has 3 aromatic heterocycles. The number of aryl methyl sites for hydroxylation is 1. The van der Waals surface area contributed by atoms with Crippen LogP contribution in [0.2, 0.25) is 10.0 Å². The van der Waals surface area contributed by atoms with E-state index in [0.29, 0.717) is 23.2 Å². The molecule has 2 N–H and O–H groups in total. The third-order valence-corrected chi connectivity index (χ3v) is 6.19. The van der Waals surface area contributed by atoms with Gasteiger partial charge in [-0.25, -0.2) is 4.98 Å². The Morgan fingerprint density at radius 2 is 1.90 bits per heavy atom. The van der Waals surface area contributed by atoms with Gasteiger partial charge in [-0.3, -0.25) is 4.98 Å². The topological polar surface area (TPSA) is 66.0 Å². The predicted molar refractivity (Wildman–Crippen MR) is 126 cm³/mol. The first kappa shape index (κ1) is 23.0. The first-order chi connectivity index (χ1) is 14.2. The van der Waals surface area contributed by atoms with Gasteiger partial charge < -0.3 is 15.0 Å². The van der Waals surface area contributed by atoms with Crippen LogP contribution in [0.4, 0.5) is 0 Å². The Morgan fingerprint density at radius 3 is 2.47 bits per heavy atom. The number of halogens is 2. The second kappa shape index (κ2) is 9.23. The molecule has 0 saturated carbocycles. The first-order valence-electron chi connectivity index (χ1n) is 10.3. The zero-order valence-corrected chi connectivity index (χ0v) is 20.0. The second-order valence-electron chi connectivity index (χ2n) is 8.04. The summed E-state index contributed by atoms with van der Waals surface area (Å²) in [7, 11) is 1.70. The zero-order valence-electron chi connectivity index (χ0n) is 18.5. The van der Waals surface area contributed by atoms with E-state index in [2.05, 4.69) is 38.5 Å². The molecule has 5 nitrogen and oxygen atoms in total. The molecule has 0 aliphatic heterocycles. The Balaban J connectivity index is 2.33. The lowest BCUT2D eigenvalue weighted by Gasteiger charge is -2.19. The van der Waals surface area contributed by atoms with E-state index in [1.807, 2.05) is 13.0 Å². The molecule has 0 spiro atoms. The van der Waals surface area contributed by atoms with Gasteiger partial charge in [-0.05, 0) is 43.4 Å². The molecule has 0 amide bonds. The highest BCUT2D eigenvalue weighted by atomic mass is 35.5. The summed E-state index contributed by atoms with van der Waals surface area (Å²) >= 11 is 13.6. The van der Waals surface area contributed by atoms with Crippen molar-refractivity contribution in [1.82, 2.24) is 14.5 Å². The summed E-state index contributed by atoms with van der Waals surface area (Å²) in [6.45, 7) is 11.3. The lowest BCUT2D eigenvalue weighted by Crippen LogP contribution is -2.11. The van der Waals surface area contributed by atoms with Crippen LogP contribution in [0.3, 0.4) is 0 Å². The predicted octanol–water partition coefficient (Wildman–Crippen LogP) is 6.07. The molecule has 1 atom stereocenters. The summed E-state index contributed by atoms with van der Waals surface area (Å²) in [5, 5.41) is 1.33. The number of rotatable bonds is 7. The third kappa shape index (κ3) is 3.96. The Bertz CT molecular complexity index is 1080. The molecule has 0 unspecified atom stereocenters. The molecule has 0 radical (unpaired) electrons. The molecule has 162 valence electrons. The summed E-state index contributed by atoms with van der Waals surface area (Å²) < 4.78 is 7.51. The number of methoxy groups -OCH3 is 1. The van der Waals surface area contributed by atoms with Crippen LogP contribution in [0.5, 0.6) is 0 Å². The summed E-state index contributed by atoms with van der Waals surface area (Å²) in [5.41, 5.74) is 13.2. The van der Waals surface area contributed by atoms with Gasteiger partial charge >= 0.3 is 0 Å². The van der Waals surface area contributed by atoms with Crippen LogP contribution in [-0.2, 0) is 17.7 Å². The van der Waals surface area contributed by atoms with E-state index >= 15 is 0 Å². The Labute approximate surface area is 188 Å². The smallest absolute Gasteiger partial charge is 0.0933 e. The van der Waals surface area contributed by atoms with Crippen molar-refractivity contribution < 1.29 is 4.74 Å². The number of nitrogens with zero attached hydrogens (tertiary/aromatic N) is 3. The minimum atomic E-state index is 0.141. The van der Waals surface area contributed by atoms with Crippen molar-refractivity contribution >= 4 is 34.2 Å². The highest BCUT2D eigenvalue weighted by molar-refractivity contribution is 6.36. The van der Waals surface area contributed by atoms with Gasteiger partial charge in [-0.2, -0.15) is 0 Å². The van der Waals surface area contributed by atoms with E-state index in [1.54, 1.807) is 7.11 Å². The van der Waals surface area contributed by atoms with Crippen molar-refractivity contribution in [2.24, 2.45) is 5.73 Å². The number of nitrogens with two attached hydrogens (primary N) is 1. The summed E-state index contributed by atoms with van der Waals surface area (Å²) in [6, 6.07) is 2.08. The molecule has 0 aliphatic carbocycles. The van der Waals surface area contributed by atoms with Crippen LogP contribution in [-0.4, -0.2) is 28.3 Å². The van der Waals surface area contributed by atoms with Gasteiger partial charge in [0.05, 0.1) is 50.8 Å². The number of aromatic nitrogens is 3. The van der Waals surface area contributed by atoms with Gasteiger partial charge in [0, 0.05) is 25.4 Å². The van der Waals surface area contributed by atoms with Gasteiger partial charge in [0.2, 0.25) is 0 Å². The Kier molecular flexibility index (Phi) is 7.08. The molecule has 3 heterocycles. The van der Waals surface area contributed by atoms with Crippen LogP contribution >= 0.6 is 23.2 Å². The van der Waals surface area contributed by atoms with Crippen LogP contribution in [0.25, 0.3) is 22.3 Å². The number of fused-ring (bicyclic) bond motifs is 1. The minimum Gasteiger partial charge on any atom is -0.383 e. The molecule has 0 aromatic carbocycles. The normalized spacial score (nSPS) is 12.9. The molecule has 30 heavy (non-hydrogen) atoms. The maximum Gasteiger partial charge on any atom is 0.0933 e. The van der Waals surface area contributed by atoms with E-state index in [1.165, 1.54) is 0 Å². The van der Waals surface area contributed by atoms with Crippen molar-refractivity contribution in [3.63, 3.8) is 0 Å². The Hall–Kier alpha value is -1.66. The average Bonchev–Trinajstić information content (AvgIpc) is 3.04. The summed E-state index contributed by atoms with van der Waals surface area (Å²) in [4.78, 5) is 9.83. The first-order valence-corrected chi connectivity index (χ1v) is 11.1. The van der Waals surface area contributed by atoms with Gasteiger partial charge in [-0.1, -0.05) is 44.0 Å². The van der Waals surface area contributed by atoms with Crippen LogP contribution < -0.4 is 5.73 Å². The van der Waals surface area contributed by atoms with Crippen LogP contribution in [0.1, 0.15) is 62.2 Å². The fourth-order valence-electron chi connectivity index (χ4n) is 3.95. The molecule has 7 heteroatoms. The summed E-state index contributed by atoms with van der Waals surface area (Å²) in [5.74, 6) is 0.208. The van der Waals surface area contributed by atoms with Gasteiger partial charge in [0.25, 0.3) is 0 Å². The molecule has 3 aromatic rings. The van der Waals surface area contributed by atoms with Crippen molar-refractivity contribution in [3.05, 3.63) is 44.8 Å². The zero-order chi connectivity index (χ0) is 22.2. The lowest BCUT2D eigenvalue weighted by molar-refractivity contribution is 0.164. The number of ether oxygens (including phenoxy) is 1. The Morgan fingerprint density at radius 1 is 1.20 bits per heavy atom. The van der Waals surface area contributed by atoms with Gasteiger partial charge in [0.1, 0.15) is 0 Å². The molecule has 0 aliphatic rings. The third-order valence-electron chi connectivity index (χ3n) is 5.48. The number of hydrogen-bond acceptors (Lipinski definition) is 4. The second-order valence-corrected chi connectivity index (χ2v) is 8.82. The van der Waals surface area contributed by atoms with E-state index in [9.17, 15) is 0 Å². The highest BCUT2D eigenvalue weighted by Gasteiger charge is 2.23. The quantitative estimate of drug-likeness (QED) is 0.476. The average molecular weight is 449 g/mol. The van der Waals surface area contributed by atoms with Crippen molar-refractivity contribution in [2.45, 2.75) is 59.5 Å². The standard InChI is InChI=1S/C23H30Cl2N4O/c1-7-15-19(25)23-21(13(4)10-29(23)14(5)11-30-6)28-22(15)16-8-17(24)20(12(2)3)27-18(16)9-26/h8,10,12,14H,7,9,11,26H2,1-6H3/t14-/m1/s1. The van der Waals surface area contributed by atoms with Crippen molar-refractivity contribution in [2.75, 3.05) is 13.7 Å². The molecule has 0 bridgehead atoms. The molecular formula is C23H30Cl2N4O. The fraction of sp³-hybridized carbons (Fsp3) is 0.478. The fourth-order valence-corrected chi connectivity index (χ4v) is 4.73. The largest absolute Gasteiger partial charge is 0.383 e. The van der Waals surface area contributed by atoms with Crippen molar-refractivity contribution in [3.8, 4) is 11.3 Å². The minimum absolute atomic E-state index is 0.141. The van der Waals surface area contributed by atoms with E-state index in [0.717, 1.165) is 51.2 Å². The molecule has 0 fully saturated rings. The number of hydrogen-bond donors (Lipinski definition) is 1. The summed E-state index contributed by atoms with van der Waals surface area (Å²) in [6.07, 6.45) is 2.82.